The monoisotopic (exact) mass is 258 g/mol. The Hall–Kier alpha value is -2.10. The molecule has 0 aliphatic carbocycles. The number of nitrogens with zero attached hydrogens (tertiary/aromatic N) is 2. The van der Waals surface area contributed by atoms with E-state index in [4.69, 9.17) is 5.11 Å². The van der Waals surface area contributed by atoms with Crippen LogP contribution in [0.2, 0.25) is 0 Å². The number of rotatable bonds is 4. The average Bonchev–Trinajstić information content (AvgIpc) is 2.66. The smallest absolute Gasteiger partial charge is 0.303 e. The second-order valence-corrected chi connectivity index (χ2v) is 4.89. The number of carboxylic acid groups (broad SMARTS) is 1. The molecule has 2 rings (SSSR count). The highest BCUT2D eigenvalue weighted by Gasteiger charge is 2.08. The summed E-state index contributed by atoms with van der Waals surface area (Å²) in [6.45, 7) is 6.06. The lowest BCUT2D eigenvalue weighted by molar-refractivity contribution is -0.136. The van der Waals surface area contributed by atoms with Crippen LogP contribution in [0.1, 0.15) is 29.1 Å². The van der Waals surface area contributed by atoms with Gasteiger partial charge in [0.1, 0.15) is 5.82 Å². The molecule has 0 bridgehead atoms. The maximum Gasteiger partial charge on any atom is 0.303 e. The molecule has 2 aromatic rings. The van der Waals surface area contributed by atoms with Crippen molar-refractivity contribution in [2.24, 2.45) is 0 Å². The second-order valence-electron chi connectivity index (χ2n) is 4.89. The normalized spacial score (nSPS) is 10.7. The number of aryl methyl sites for hydroxylation is 4. The van der Waals surface area contributed by atoms with Crippen molar-refractivity contribution in [1.29, 1.82) is 0 Å². The van der Waals surface area contributed by atoms with Gasteiger partial charge in [-0.2, -0.15) is 0 Å². The van der Waals surface area contributed by atoms with Gasteiger partial charge in [-0.25, -0.2) is 4.98 Å². The molecule has 0 aliphatic rings. The molecule has 0 spiro atoms. The molecule has 0 saturated carbocycles. The maximum absolute atomic E-state index is 10.6. The molecular formula is C15H18N2O2. The average molecular weight is 258 g/mol. The van der Waals surface area contributed by atoms with Gasteiger partial charge < -0.3 is 9.67 Å². The summed E-state index contributed by atoms with van der Waals surface area (Å²) in [5.41, 5.74) is 4.30. The van der Waals surface area contributed by atoms with E-state index in [1.807, 2.05) is 17.7 Å². The van der Waals surface area contributed by atoms with Crippen LogP contribution in [-0.4, -0.2) is 20.6 Å². The lowest BCUT2D eigenvalue weighted by Crippen LogP contribution is -1.97. The fourth-order valence-electron chi connectivity index (χ4n) is 2.24. The Morgan fingerprint density at radius 1 is 1.21 bits per heavy atom. The zero-order valence-electron chi connectivity index (χ0n) is 11.5. The third kappa shape index (κ3) is 3.22. The van der Waals surface area contributed by atoms with Gasteiger partial charge in [0, 0.05) is 18.3 Å². The predicted molar refractivity (Wildman–Crippen MR) is 73.7 cm³/mol. The highest BCUT2D eigenvalue weighted by atomic mass is 16.4. The first kappa shape index (κ1) is 13.3. The SMILES string of the molecule is Cc1cc(C)cc(-n2cc(CCC(=O)O)nc2C)c1. The quantitative estimate of drug-likeness (QED) is 0.917. The van der Waals surface area contributed by atoms with Crippen LogP contribution in [0.5, 0.6) is 0 Å². The topological polar surface area (TPSA) is 55.1 Å². The first-order valence-corrected chi connectivity index (χ1v) is 6.31. The number of imidazole rings is 1. The van der Waals surface area contributed by atoms with E-state index in [2.05, 4.69) is 37.0 Å². The van der Waals surface area contributed by atoms with Crippen molar-refractivity contribution in [2.75, 3.05) is 0 Å². The number of benzene rings is 1. The number of hydrogen-bond acceptors (Lipinski definition) is 2. The molecule has 100 valence electrons. The summed E-state index contributed by atoms with van der Waals surface area (Å²) in [5.74, 6) is 0.0870. The zero-order chi connectivity index (χ0) is 14.0. The van der Waals surface area contributed by atoms with Crippen molar-refractivity contribution in [3.05, 3.63) is 47.0 Å². The fraction of sp³-hybridized carbons (Fsp3) is 0.333. The molecular weight excluding hydrogens is 240 g/mol. The summed E-state index contributed by atoms with van der Waals surface area (Å²) in [6, 6.07) is 6.33. The summed E-state index contributed by atoms with van der Waals surface area (Å²) in [5, 5.41) is 8.71. The molecule has 1 aromatic carbocycles. The van der Waals surface area contributed by atoms with Gasteiger partial charge in [-0.05, 0) is 44.0 Å². The predicted octanol–water partition coefficient (Wildman–Crippen LogP) is 2.81. The molecule has 0 fully saturated rings. The Morgan fingerprint density at radius 3 is 2.42 bits per heavy atom. The first-order chi connectivity index (χ1) is 8.95. The van der Waals surface area contributed by atoms with Gasteiger partial charge in [0.25, 0.3) is 0 Å². The maximum atomic E-state index is 10.6. The molecule has 0 saturated heterocycles. The van der Waals surface area contributed by atoms with Gasteiger partial charge in [-0.1, -0.05) is 6.07 Å². The number of carboxylic acids is 1. The molecule has 1 heterocycles. The molecule has 4 nitrogen and oxygen atoms in total. The third-order valence-corrected chi connectivity index (χ3v) is 3.01. The molecule has 19 heavy (non-hydrogen) atoms. The fourth-order valence-corrected chi connectivity index (χ4v) is 2.24. The minimum Gasteiger partial charge on any atom is -0.481 e. The highest BCUT2D eigenvalue weighted by Crippen LogP contribution is 2.17. The summed E-state index contributed by atoms with van der Waals surface area (Å²) in [7, 11) is 0. The summed E-state index contributed by atoms with van der Waals surface area (Å²) < 4.78 is 2.01. The second kappa shape index (κ2) is 5.26. The minimum absolute atomic E-state index is 0.114. The molecule has 1 N–H and O–H groups in total. The summed E-state index contributed by atoms with van der Waals surface area (Å²) in [4.78, 5) is 15.0. The molecule has 0 unspecified atom stereocenters. The van der Waals surface area contributed by atoms with Crippen LogP contribution in [0, 0.1) is 20.8 Å². The van der Waals surface area contributed by atoms with Gasteiger partial charge in [-0.15, -0.1) is 0 Å². The van der Waals surface area contributed by atoms with Crippen molar-refractivity contribution in [2.45, 2.75) is 33.6 Å². The van der Waals surface area contributed by atoms with Crippen LogP contribution >= 0.6 is 0 Å². The van der Waals surface area contributed by atoms with E-state index in [-0.39, 0.29) is 6.42 Å². The Balaban J connectivity index is 2.31. The van der Waals surface area contributed by atoms with Crippen molar-refractivity contribution < 1.29 is 9.90 Å². The van der Waals surface area contributed by atoms with E-state index in [0.717, 1.165) is 17.2 Å². The number of aliphatic carboxylic acids is 1. The van der Waals surface area contributed by atoms with Crippen molar-refractivity contribution >= 4 is 5.97 Å². The Kier molecular flexibility index (Phi) is 3.69. The third-order valence-electron chi connectivity index (χ3n) is 3.01. The molecule has 0 radical (unpaired) electrons. The van der Waals surface area contributed by atoms with Gasteiger partial charge in [0.05, 0.1) is 12.1 Å². The highest BCUT2D eigenvalue weighted by molar-refractivity contribution is 5.66. The molecule has 0 atom stereocenters. The zero-order valence-corrected chi connectivity index (χ0v) is 11.5. The van der Waals surface area contributed by atoms with Crippen LogP contribution in [0.3, 0.4) is 0 Å². The van der Waals surface area contributed by atoms with Gasteiger partial charge >= 0.3 is 5.97 Å². The van der Waals surface area contributed by atoms with E-state index in [1.165, 1.54) is 11.1 Å². The standard InChI is InChI=1S/C15H18N2O2/c1-10-6-11(2)8-14(7-10)17-9-13(16-12(17)3)4-5-15(18)19/h6-9H,4-5H2,1-3H3,(H,18,19). The molecule has 1 aromatic heterocycles. The van der Waals surface area contributed by atoms with Crippen molar-refractivity contribution in [3.63, 3.8) is 0 Å². The van der Waals surface area contributed by atoms with Crippen LogP contribution in [0.15, 0.2) is 24.4 Å². The first-order valence-electron chi connectivity index (χ1n) is 6.31. The van der Waals surface area contributed by atoms with Crippen LogP contribution < -0.4 is 0 Å². The Labute approximate surface area is 112 Å². The lowest BCUT2D eigenvalue weighted by atomic mass is 10.1. The minimum atomic E-state index is -0.793. The van der Waals surface area contributed by atoms with Gasteiger partial charge in [-0.3, -0.25) is 4.79 Å². The van der Waals surface area contributed by atoms with Gasteiger partial charge in [0.15, 0.2) is 0 Å². The molecule has 4 heteroatoms. The van der Waals surface area contributed by atoms with E-state index < -0.39 is 5.97 Å². The van der Waals surface area contributed by atoms with E-state index in [9.17, 15) is 4.79 Å². The number of carbonyl (C=O) groups is 1. The molecule has 0 amide bonds. The van der Waals surface area contributed by atoms with E-state index in [1.54, 1.807) is 0 Å². The van der Waals surface area contributed by atoms with E-state index >= 15 is 0 Å². The largest absolute Gasteiger partial charge is 0.481 e. The Morgan fingerprint density at radius 2 is 1.84 bits per heavy atom. The van der Waals surface area contributed by atoms with Crippen LogP contribution in [0.25, 0.3) is 5.69 Å². The van der Waals surface area contributed by atoms with Crippen LogP contribution in [0.4, 0.5) is 0 Å². The molecule has 0 aliphatic heterocycles. The summed E-state index contributed by atoms with van der Waals surface area (Å²) >= 11 is 0. The van der Waals surface area contributed by atoms with E-state index in [0.29, 0.717) is 6.42 Å². The Bertz CT molecular complexity index is 594. The van der Waals surface area contributed by atoms with Crippen molar-refractivity contribution in [1.82, 2.24) is 9.55 Å². The lowest BCUT2D eigenvalue weighted by Gasteiger charge is -2.07. The number of hydrogen-bond donors (Lipinski definition) is 1. The van der Waals surface area contributed by atoms with Crippen LogP contribution in [-0.2, 0) is 11.2 Å². The summed E-state index contributed by atoms with van der Waals surface area (Å²) in [6.07, 6.45) is 2.50. The van der Waals surface area contributed by atoms with Gasteiger partial charge in [0.2, 0.25) is 0 Å². The number of aromatic nitrogens is 2. The van der Waals surface area contributed by atoms with Crippen molar-refractivity contribution in [3.8, 4) is 5.69 Å².